The van der Waals surface area contributed by atoms with Crippen LogP contribution in [0.4, 0.5) is 0 Å². The normalized spacial score (nSPS) is 10.6. The van der Waals surface area contributed by atoms with E-state index >= 15 is 0 Å². The molecule has 18 heavy (non-hydrogen) atoms. The van der Waals surface area contributed by atoms with Crippen LogP contribution in [0.15, 0.2) is 0 Å². The molecule has 0 N–H and O–H groups in total. The van der Waals surface area contributed by atoms with E-state index in [1.54, 1.807) is 0 Å². The van der Waals surface area contributed by atoms with Crippen LogP contribution in [0, 0.1) is 0 Å². The van der Waals surface area contributed by atoms with Gasteiger partial charge in [-0.1, -0.05) is 71.6 Å². The highest BCUT2D eigenvalue weighted by molar-refractivity contribution is 5.69. The smallest absolute Gasteiger partial charge is 0.305 e. The van der Waals surface area contributed by atoms with Gasteiger partial charge in [0.25, 0.3) is 0 Å². The van der Waals surface area contributed by atoms with E-state index in [1.165, 1.54) is 51.4 Å². The summed E-state index contributed by atoms with van der Waals surface area (Å²) in [5.41, 5.74) is 0. The number of hydrogen-bond acceptors (Lipinski definition) is 2. The highest BCUT2D eigenvalue weighted by Gasteiger charge is 2.01. The van der Waals surface area contributed by atoms with E-state index in [1.807, 2.05) is 0 Å². The van der Waals surface area contributed by atoms with E-state index in [0.29, 0.717) is 13.0 Å². The molecule has 0 aliphatic carbocycles. The predicted molar refractivity (Wildman–Crippen MR) is 77.7 cm³/mol. The largest absolute Gasteiger partial charge is 0.466 e. The van der Waals surface area contributed by atoms with Gasteiger partial charge in [0.2, 0.25) is 0 Å². The molecular weight excluding hydrogens is 224 g/mol. The molecule has 2 nitrogen and oxygen atoms in total. The fraction of sp³-hybridized carbons (Fsp3) is 0.938. The maximum absolute atomic E-state index is 11.4. The second-order valence-corrected chi connectivity index (χ2v) is 5.15. The average Bonchev–Trinajstić information content (AvgIpc) is 2.38. The average molecular weight is 256 g/mol. The van der Waals surface area contributed by atoms with Gasteiger partial charge in [-0.25, -0.2) is 0 Å². The van der Waals surface area contributed by atoms with E-state index in [-0.39, 0.29) is 5.97 Å². The lowest BCUT2D eigenvalue weighted by molar-refractivity contribution is -0.143. The van der Waals surface area contributed by atoms with E-state index < -0.39 is 0 Å². The zero-order valence-electron chi connectivity index (χ0n) is 12.5. The Labute approximate surface area is 113 Å². The van der Waals surface area contributed by atoms with Crippen molar-refractivity contribution in [1.29, 1.82) is 0 Å². The molecule has 0 amide bonds. The summed E-state index contributed by atoms with van der Waals surface area (Å²) in [7, 11) is 0. The molecule has 0 saturated carbocycles. The van der Waals surface area contributed by atoms with Gasteiger partial charge in [-0.15, -0.1) is 0 Å². The van der Waals surface area contributed by atoms with Crippen molar-refractivity contribution in [3.8, 4) is 0 Å². The summed E-state index contributed by atoms with van der Waals surface area (Å²) in [4.78, 5) is 11.4. The van der Waals surface area contributed by atoms with Gasteiger partial charge >= 0.3 is 5.97 Å². The number of carbonyl (C=O) groups excluding carboxylic acids is 1. The zero-order valence-corrected chi connectivity index (χ0v) is 12.5. The van der Waals surface area contributed by atoms with Gasteiger partial charge in [-0.3, -0.25) is 4.79 Å². The molecule has 0 fully saturated rings. The van der Waals surface area contributed by atoms with E-state index in [2.05, 4.69) is 13.8 Å². The molecule has 0 aromatic carbocycles. The molecular formula is C16H32O2. The van der Waals surface area contributed by atoms with Gasteiger partial charge in [0.05, 0.1) is 6.61 Å². The third-order valence-corrected chi connectivity index (χ3v) is 3.25. The van der Waals surface area contributed by atoms with Crippen LogP contribution < -0.4 is 0 Å². The number of ether oxygens (including phenoxy) is 1. The van der Waals surface area contributed by atoms with Crippen LogP contribution in [0.1, 0.15) is 90.9 Å². The molecule has 0 aliphatic heterocycles. The molecule has 0 spiro atoms. The molecule has 0 rings (SSSR count). The first-order valence-corrected chi connectivity index (χ1v) is 7.96. The molecule has 0 aliphatic rings. The molecule has 0 radical (unpaired) electrons. The van der Waals surface area contributed by atoms with Crippen LogP contribution in [-0.4, -0.2) is 12.6 Å². The number of carbonyl (C=O) groups is 1. The Bertz CT molecular complexity index is 178. The maximum atomic E-state index is 11.4. The lowest BCUT2D eigenvalue weighted by Crippen LogP contribution is -2.05. The Morgan fingerprint density at radius 1 is 0.722 bits per heavy atom. The van der Waals surface area contributed by atoms with Crippen molar-refractivity contribution < 1.29 is 9.53 Å². The lowest BCUT2D eigenvalue weighted by atomic mass is 10.1. The number of esters is 1. The maximum Gasteiger partial charge on any atom is 0.305 e. The van der Waals surface area contributed by atoms with Gasteiger partial charge in [0, 0.05) is 6.42 Å². The molecule has 0 unspecified atom stereocenters. The van der Waals surface area contributed by atoms with Crippen molar-refractivity contribution >= 4 is 5.97 Å². The first-order valence-electron chi connectivity index (χ1n) is 7.96. The van der Waals surface area contributed by atoms with Crippen LogP contribution in [0.2, 0.25) is 0 Å². The zero-order chi connectivity index (χ0) is 13.5. The van der Waals surface area contributed by atoms with Crippen molar-refractivity contribution in [2.45, 2.75) is 90.9 Å². The SMILES string of the molecule is CCCCCCCCCCC(=O)OCCCCC. The quantitative estimate of drug-likeness (QED) is 0.332. The molecule has 0 aromatic heterocycles. The minimum atomic E-state index is -0.00270. The van der Waals surface area contributed by atoms with E-state index in [9.17, 15) is 4.79 Å². The highest BCUT2D eigenvalue weighted by Crippen LogP contribution is 2.10. The minimum Gasteiger partial charge on any atom is -0.466 e. The van der Waals surface area contributed by atoms with Crippen LogP contribution in [0.25, 0.3) is 0 Å². The standard InChI is InChI=1S/C16H32O2/c1-3-5-7-8-9-10-11-12-14-16(17)18-15-13-6-4-2/h3-15H2,1-2H3. The Morgan fingerprint density at radius 2 is 1.22 bits per heavy atom. The summed E-state index contributed by atoms with van der Waals surface area (Å²) in [6.45, 7) is 5.01. The summed E-state index contributed by atoms with van der Waals surface area (Å²) < 4.78 is 5.16. The van der Waals surface area contributed by atoms with Crippen molar-refractivity contribution in [3.63, 3.8) is 0 Å². The van der Waals surface area contributed by atoms with Gasteiger partial charge in [-0.2, -0.15) is 0 Å². The Hall–Kier alpha value is -0.530. The van der Waals surface area contributed by atoms with Gasteiger partial charge in [-0.05, 0) is 12.8 Å². The minimum absolute atomic E-state index is 0.00270. The fourth-order valence-electron chi connectivity index (χ4n) is 2.01. The molecule has 108 valence electrons. The first-order chi connectivity index (χ1) is 8.81. The fourth-order valence-corrected chi connectivity index (χ4v) is 2.01. The van der Waals surface area contributed by atoms with E-state index in [0.717, 1.165) is 19.3 Å². The summed E-state index contributed by atoms with van der Waals surface area (Å²) in [6, 6.07) is 0. The number of rotatable bonds is 13. The predicted octanol–water partition coefficient (Wildman–Crippen LogP) is 5.25. The van der Waals surface area contributed by atoms with Crippen molar-refractivity contribution in [2.24, 2.45) is 0 Å². The van der Waals surface area contributed by atoms with Gasteiger partial charge in [0.15, 0.2) is 0 Å². The van der Waals surface area contributed by atoms with Crippen LogP contribution in [-0.2, 0) is 9.53 Å². The van der Waals surface area contributed by atoms with Crippen LogP contribution >= 0.6 is 0 Å². The summed E-state index contributed by atoms with van der Waals surface area (Å²) in [5.74, 6) is -0.00270. The molecule has 2 heteroatoms. The second-order valence-electron chi connectivity index (χ2n) is 5.15. The van der Waals surface area contributed by atoms with Crippen molar-refractivity contribution in [3.05, 3.63) is 0 Å². The molecule has 0 aromatic rings. The third-order valence-electron chi connectivity index (χ3n) is 3.25. The Kier molecular flexibility index (Phi) is 14.1. The molecule has 0 heterocycles. The number of hydrogen-bond donors (Lipinski definition) is 0. The lowest BCUT2D eigenvalue weighted by Gasteiger charge is -2.04. The third kappa shape index (κ3) is 13.5. The molecule has 0 saturated heterocycles. The van der Waals surface area contributed by atoms with Crippen molar-refractivity contribution in [2.75, 3.05) is 6.61 Å². The summed E-state index contributed by atoms with van der Waals surface area (Å²) >= 11 is 0. The number of unbranched alkanes of at least 4 members (excludes halogenated alkanes) is 9. The van der Waals surface area contributed by atoms with Gasteiger partial charge < -0.3 is 4.74 Å². The monoisotopic (exact) mass is 256 g/mol. The highest BCUT2D eigenvalue weighted by atomic mass is 16.5. The van der Waals surface area contributed by atoms with Crippen molar-refractivity contribution in [1.82, 2.24) is 0 Å². The Morgan fingerprint density at radius 3 is 1.83 bits per heavy atom. The summed E-state index contributed by atoms with van der Waals surface area (Å²) in [5, 5.41) is 0. The molecule has 0 atom stereocenters. The second kappa shape index (κ2) is 14.5. The first kappa shape index (κ1) is 17.5. The topological polar surface area (TPSA) is 26.3 Å². The van der Waals surface area contributed by atoms with Crippen LogP contribution in [0.3, 0.4) is 0 Å². The van der Waals surface area contributed by atoms with Gasteiger partial charge in [0.1, 0.15) is 0 Å². The van der Waals surface area contributed by atoms with Crippen LogP contribution in [0.5, 0.6) is 0 Å². The van der Waals surface area contributed by atoms with E-state index in [4.69, 9.17) is 4.74 Å². The summed E-state index contributed by atoms with van der Waals surface area (Å²) in [6.07, 6.45) is 14.1. The Balaban J connectivity index is 3.10. The molecule has 0 bridgehead atoms.